The minimum atomic E-state index is -0.311. The largest absolute Gasteiger partial charge is 0.497 e. The number of rotatable bonds is 5. The summed E-state index contributed by atoms with van der Waals surface area (Å²) < 4.78 is 10.2. The number of amides is 1. The molecule has 1 aliphatic rings. The first-order valence-electron chi connectivity index (χ1n) is 9.47. The number of hydrogen-bond donors (Lipinski definition) is 1. The lowest BCUT2D eigenvalue weighted by atomic mass is 10.2. The number of nitrogens with one attached hydrogen (secondary N) is 1. The Balaban J connectivity index is 1.34. The maximum absolute atomic E-state index is 12.3. The van der Waals surface area contributed by atoms with Gasteiger partial charge in [0.2, 0.25) is 0 Å². The molecule has 1 fully saturated rings. The summed E-state index contributed by atoms with van der Waals surface area (Å²) in [5.74, 6) is 1.57. The number of pyridine rings is 1. The fourth-order valence-corrected chi connectivity index (χ4v) is 3.33. The molecule has 0 spiro atoms. The predicted molar refractivity (Wildman–Crippen MR) is 111 cm³/mol. The molecule has 1 amide bonds. The van der Waals surface area contributed by atoms with E-state index in [1.54, 1.807) is 32.4 Å². The molecule has 2 aromatic heterocycles. The molecule has 4 rings (SSSR count). The number of aryl methyl sites for hydroxylation is 1. The molecular weight excluding hydrogens is 370 g/mol. The van der Waals surface area contributed by atoms with Gasteiger partial charge in [0.25, 0.3) is 5.91 Å². The first-order chi connectivity index (χ1) is 14.1. The van der Waals surface area contributed by atoms with Gasteiger partial charge in [0.15, 0.2) is 5.82 Å². The van der Waals surface area contributed by atoms with Gasteiger partial charge >= 0.3 is 0 Å². The number of anilines is 3. The molecule has 3 aromatic rings. The van der Waals surface area contributed by atoms with Crippen LogP contribution in [0.15, 0.2) is 53.2 Å². The van der Waals surface area contributed by atoms with Crippen molar-refractivity contribution in [1.82, 2.24) is 10.1 Å². The maximum Gasteiger partial charge on any atom is 0.275 e. The molecule has 3 heterocycles. The van der Waals surface area contributed by atoms with Gasteiger partial charge in [-0.2, -0.15) is 0 Å². The Morgan fingerprint density at radius 3 is 2.24 bits per heavy atom. The van der Waals surface area contributed by atoms with E-state index >= 15 is 0 Å². The van der Waals surface area contributed by atoms with Crippen molar-refractivity contribution in [3.63, 3.8) is 0 Å². The third-order valence-corrected chi connectivity index (χ3v) is 4.93. The second-order valence-electron chi connectivity index (χ2n) is 6.85. The first kappa shape index (κ1) is 18.8. The Morgan fingerprint density at radius 2 is 1.69 bits per heavy atom. The van der Waals surface area contributed by atoms with Crippen molar-refractivity contribution in [3.05, 3.63) is 60.1 Å². The highest BCUT2D eigenvalue weighted by Crippen LogP contribution is 2.22. The average Bonchev–Trinajstić information content (AvgIpc) is 3.18. The fourth-order valence-electron chi connectivity index (χ4n) is 3.33. The van der Waals surface area contributed by atoms with Crippen LogP contribution in [-0.2, 0) is 0 Å². The Labute approximate surface area is 169 Å². The third-order valence-electron chi connectivity index (χ3n) is 4.93. The second-order valence-corrected chi connectivity index (χ2v) is 6.85. The van der Waals surface area contributed by atoms with E-state index < -0.39 is 0 Å². The van der Waals surface area contributed by atoms with Gasteiger partial charge in [-0.25, -0.2) is 4.98 Å². The first-order valence-corrected chi connectivity index (χ1v) is 9.47. The van der Waals surface area contributed by atoms with E-state index in [-0.39, 0.29) is 5.91 Å². The van der Waals surface area contributed by atoms with Gasteiger partial charge in [-0.1, -0.05) is 5.16 Å². The topological polar surface area (TPSA) is 83.7 Å². The molecular formula is C21H23N5O3. The van der Waals surface area contributed by atoms with Crippen LogP contribution in [0.5, 0.6) is 5.75 Å². The van der Waals surface area contributed by atoms with Crippen LogP contribution in [0.25, 0.3) is 0 Å². The second kappa shape index (κ2) is 8.22. The number of carbonyl (C=O) groups is 1. The van der Waals surface area contributed by atoms with Crippen LogP contribution >= 0.6 is 0 Å². The van der Waals surface area contributed by atoms with E-state index in [0.29, 0.717) is 17.3 Å². The van der Waals surface area contributed by atoms with Gasteiger partial charge in [-0.15, -0.1) is 0 Å². The summed E-state index contributed by atoms with van der Waals surface area (Å²) >= 11 is 0. The van der Waals surface area contributed by atoms with E-state index in [9.17, 15) is 4.79 Å². The molecule has 0 radical (unpaired) electrons. The molecule has 150 valence electrons. The molecule has 8 nitrogen and oxygen atoms in total. The van der Waals surface area contributed by atoms with Crippen molar-refractivity contribution < 1.29 is 14.1 Å². The van der Waals surface area contributed by atoms with E-state index in [2.05, 4.69) is 37.4 Å². The number of hydrogen-bond acceptors (Lipinski definition) is 7. The van der Waals surface area contributed by atoms with E-state index in [4.69, 9.17) is 9.26 Å². The molecule has 1 aliphatic heterocycles. The minimum absolute atomic E-state index is 0.311. The lowest BCUT2D eigenvalue weighted by molar-refractivity contribution is 0.102. The highest BCUT2D eigenvalue weighted by molar-refractivity contribution is 6.02. The molecule has 0 bridgehead atoms. The number of nitrogens with zero attached hydrogens (tertiary/aromatic N) is 4. The molecule has 1 N–H and O–H groups in total. The Bertz CT molecular complexity index is 961. The molecule has 0 saturated carbocycles. The van der Waals surface area contributed by atoms with E-state index in [1.165, 1.54) is 5.69 Å². The highest BCUT2D eigenvalue weighted by atomic mass is 16.5. The van der Waals surface area contributed by atoms with Crippen LogP contribution in [0.2, 0.25) is 0 Å². The van der Waals surface area contributed by atoms with Crippen molar-refractivity contribution in [2.75, 3.05) is 48.4 Å². The van der Waals surface area contributed by atoms with Gasteiger partial charge in [-0.05, 0) is 43.3 Å². The zero-order valence-corrected chi connectivity index (χ0v) is 16.5. The Kier molecular flexibility index (Phi) is 5.33. The minimum Gasteiger partial charge on any atom is -0.497 e. The number of carbonyl (C=O) groups excluding carboxylic acids is 1. The summed E-state index contributed by atoms with van der Waals surface area (Å²) in [6, 6.07) is 13.5. The van der Waals surface area contributed by atoms with Crippen molar-refractivity contribution in [3.8, 4) is 5.75 Å². The lowest BCUT2D eigenvalue weighted by Crippen LogP contribution is -2.46. The van der Waals surface area contributed by atoms with Crippen LogP contribution < -0.4 is 19.9 Å². The van der Waals surface area contributed by atoms with Gasteiger partial charge in [0, 0.05) is 37.9 Å². The van der Waals surface area contributed by atoms with Crippen molar-refractivity contribution in [1.29, 1.82) is 0 Å². The molecule has 0 aliphatic carbocycles. The Hall–Kier alpha value is -3.55. The molecule has 29 heavy (non-hydrogen) atoms. The highest BCUT2D eigenvalue weighted by Gasteiger charge is 2.18. The van der Waals surface area contributed by atoms with E-state index in [1.807, 2.05) is 18.2 Å². The molecule has 0 unspecified atom stereocenters. The summed E-state index contributed by atoms with van der Waals surface area (Å²) in [7, 11) is 1.67. The van der Waals surface area contributed by atoms with Crippen LogP contribution in [0.4, 0.5) is 17.2 Å². The van der Waals surface area contributed by atoms with Crippen LogP contribution in [-0.4, -0.2) is 49.3 Å². The number of ether oxygens (including phenoxy) is 1. The van der Waals surface area contributed by atoms with E-state index in [0.717, 1.165) is 37.6 Å². The van der Waals surface area contributed by atoms with Gasteiger partial charge in [0.1, 0.15) is 17.2 Å². The molecule has 8 heteroatoms. The average molecular weight is 393 g/mol. The monoisotopic (exact) mass is 393 g/mol. The van der Waals surface area contributed by atoms with Crippen LogP contribution in [0.3, 0.4) is 0 Å². The zero-order valence-electron chi connectivity index (χ0n) is 16.5. The molecule has 1 aromatic carbocycles. The summed E-state index contributed by atoms with van der Waals surface area (Å²) in [6.45, 7) is 5.37. The SMILES string of the molecule is COc1ccc(N2CCN(c3ccc(C(=O)Nc4cc(C)on4)nc3)CC2)cc1. The summed E-state index contributed by atoms with van der Waals surface area (Å²) in [6.07, 6.45) is 1.74. The predicted octanol–water partition coefficient (Wildman–Crippen LogP) is 2.97. The van der Waals surface area contributed by atoms with Crippen molar-refractivity contribution >= 4 is 23.1 Å². The standard InChI is InChI=1S/C21H23N5O3/c1-15-13-20(24-29-15)23-21(27)19-8-5-17(14-22-19)26-11-9-25(10-12-26)16-3-6-18(28-2)7-4-16/h3-8,13-14H,9-12H2,1-2H3,(H,23,24,27). The van der Waals surface area contributed by atoms with Crippen LogP contribution in [0.1, 0.15) is 16.2 Å². The van der Waals surface area contributed by atoms with Gasteiger partial charge < -0.3 is 24.4 Å². The number of aromatic nitrogens is 2. The number of methoxy groups -OCH3 is 1. The summed E-state index contributed by atoms with van der Waals surface area (Å²) in [4.78, 5) is 21.2. The Morgan fingerprint density at radius 1 is 1.03 bits per heavy atom. The molecule has 1 saturated heterocycles. The maximum atomic E-state index is 12.3. The third kappa shape index (κ3) is 4.31. The van der Waals surface area contributed by atoms with Crippen molar-refractivity contribution in [2.24, 2.45) is 0 Å². The smallest absolute Gasteiger partial charge is 0.275 e. The number of piperazine rings is 1. The fraction of sp³-hybridized carbons (Fsp3) is 0.286. The lowest BCUT2D eigenvalue weighted by Gasteiger charge is -2.37. The quantitative estimate of drug-likeness (QED) is 0.713. The molecule has 0 atom stereocenters. The summed E-state index contributed by atoms with van der Waals surface area (Å²) in [5, 5.41) is 6.43. The normalized spacial score (nSPS) is 14.0. The van der Waals surface area contributed by atoms with Crippen molar-refractivity contribution in [2.45, 2.75) is 6.92 Å². The summed E-state index contributed by atoms with van der Waals surface area (Å²) in [5.41, 5.74) is 2.54. The number of benzene rings is 1. The van der Waals surface area contributed by atoms with Gasteiger partial charge in [0.05, 0.1) is 19.0 Å². The van der Waals surface area contributed by atoms with Gasteiger partial charge in [-0.3, -0.25) is 4.79 Å². The van der Waals surface area contributed by atoms with Crippen LogP contribution in [0, 0.1) is 6.92 Å². The zero-order chi connectivity index (χ0) is 20.2.